The van der Waals surface area contributed by atoms with Crippen molar-refractivity contribution in [3.05, 3.63) is 12.3 Å². The third kappa shape index (κ3) is 5.47. The maximum atomic E-state index is 12.3. The highest BCUT2D eigenvalue weighted by Gasteiger charge is 2.30. The predicted molar refractivity (Wildman–Crippen MR) is 88.8 cm³/mol. The molecule has 0 unspecified atom stereocenters. The molecule has 1 aliphatic heterocycles. The second-order valence-corrected chi connectivity index (χ2v) is 6.61. The van der Waals surface area contributed by atoms with Gasteiger partial charge in [0.1, 0.15) is 12.3 Å². The molecule has 1 aliphatic rings. The molecule has 1 atom stereocenters. The number of carbonyl (C=O) groups excluding carboxylic acids is 2. The van der Waals surface area contributed by atoms with Gasteiger partial charge in [0.05, 0.1) is 0 Å². The SMILES string of the molecule is CC(C)C[C@H](NC(=O)N1CCC(C(=O)Nc2ccon2)CC1)C(=O)O. The van der Waals surface area contributed by atoms with E-state index in [1.165, 1.54) is 6.26 Å². The van der Waals surface area contributed by atoms with Gasteiger partial charge in [-0.25, -0.2) is 9.59 Å². The Hall–Kier alpha value is -2.58. The van der Waals surface area contributed by atoms with Crippen molar-refractivity contribution in [1.82, 2.24) is 15.4 Å². The average Bonchev–Trinajstić information content (AvgIpc) is 3.06. The first-order valence-electron chi connectivity index (χ1n) is 8.36. The summed E-state index contributed by atoms with van der Waals surface area (Å²) >= 11 is 0. The molecule has 2 heterocycles. The van der Waals surface area contributed by atoms with Gasteiger partial charge in [-0.15, -0.1) is 0 Å². The number of carbonyl (C=O) groups is 3. The van der Waals surface area contributed by atoms with E-state index in [0.29, 0.717) is 38.2 Å². The van der Waals surface area contributed by atoms with Crippen molar-refractivity contribution in [2.75, 3.05) is 18.4 Å². The number of urea groups is 1. The summed E-state index contributed by atoms with van der Waals surface area (Å²) in [5, 5.41) is 18.1. The third-order valence-electron chi connectivity index (χ3n) is 4.14. The second kappa shape index (κ2) is 8.50. The average molecular weight is 352 g/mol. The van der Waals surface area contributed by atoms with Crippen LogP contribution in [0.15, 0.2) is 16.9 Å². The first-order valence-corrected chi connectivity index (χ1v) is 8.36. The van der Waals surface area contributed by atoms with Crippen molar-refractivity contribution in [1.29, 1.82) is 0 Å². The van der Waals surface area contributed by atoms with E-state index in [2.05, 4.69) is 20.3 Å². The maximum absolute atomic E-state index is 12.3. The number of aliphatic carboxylic acids is 1. The van der Waals surface area contributed by atoms with Gasteiger partial charge in [-0.3, -0.25) is 4.79 Å². The largest absolute Gasteiger partial charge is 0.480 e. The minimum atomic E-state index is -1.04. The number of likely N-dealkylation sites (tertiary alicyclic amines) is 1. The van der Waals surface area contributed by atoms with Crippen LogP contribution in [0.2, 0.25) is 0 Å². The molecule has 3 N–H and O–H groups in total. The van der Waals surface area contributed by atoms with E-state index in [-0.39, 0.29) is 17.7 Å². The molecule has 1 aromatic heterocycles. The fourth-order valence-corrected chi connectivity index (χ4v) is 2.78. The quantitative estimate of drug-likeness (QED) is 0.713. The molecule has 1 fully saturated rings. The van der Waals surface area contributed by atoms with Crippen LogP contribution in [0.25, 0.3) is 0 Å². The Labute approximate surface area is 145 Å². The molecule has 2 rings (SSSR count). The lowest BCUT2D eigenvalue weighted by molar-refractivity contribution is -0.139. The van der Waals surface area contributed by atoms with Crippen molar-refractivity contribution in [2.24, 2.45) is 11.8 Å². The molecule has 0 aliphatic carbocycles. The van der Waals surface area contributed by atoms with E-state index in [1.807, 2.05) is 13.8 Å². The van der Waals surface area contributed by atoms with Crippen LogP contribution < -0.4 is 10.6 Å². The Morgan fingerprint density at radius 2 is 2.04 bits per heavy atom. The zero-order valence-electron chi connectivity index (χ0n) is 14.4. The Kier molecular flexibility index (Phi) is 6.37. The van der Waals surface area contributed by atoms with Crippen molar-refractivity contribution >= 4 is 23.7 Å². The summed E-state index contributed by atoms with van der Waals surface area (Å²) in [6.07, 6.45) is 2.77. The first-order chi connectivity index (χ1) is 11.9. The van der Waals surface area contributed by atoms with Gasteiger partial charge in [0.15, 0.2) is 5.82 Å². The smallest absolute Gasteiger partial charge is 0.326 e. The number of hydrogen-bond acceptors (Lipinski definition) is 5. The number of amides is 3. The van der Waals surface area contributed by atoms with Crippen molar-refractivity contribution < 1.29 is 24.0 Å². The Balaban J connectivity index is 1.81. The summed E-state index contributed by atoms with van der Waals surface area (Å²) in [4.78, 5) is 37.2. The van der Waals surface area contributed by atoms with Crippen molar-refractivity contribution in [3.8, 4) is 0 Å². The van der Waals surface area contributed by atoms with Gasteiger partial charge in [0.2, 0.25) is 5.91 Å². The number of piperidine rings is 1. The van der Waals surface area contributed by atoms with E-state index in [9.17, 15) is 19.5 Å². The zero-order valence-corrected chi connectivity index (χ0v) is 14.4. The van der Waals surface area contributed by atoms with Crippen LogP contribution in [0.4, 0.5) is 10.6 Å². The van der Waals surface area contributed by atoms with Gasteiger partial charge in [-0.1, -0.05) is 19.0 Å². The molecule has 25 heavy (non-hydrogen) atoms. The van der Waals surface area contributed by atoms with Gasteiger partial charge >= 0.3 is 12.0 Å². The Bertz CT molecular complexity index is 594. The fraction of sp³-hybridized carbons (Fsp3) is 0.625. The van der Waals surface area contributed by atoms with Crippen LogP contribution >= 0.6 is 0 Å². The number of nitrogens with one attached hydrogen (secondary N) is 2. The zero-order chi connectivity index (χ0) is 18.4. The van der Waals surface area contributed by atoms with Crippen molar-refractivity contribution in [2.45, 2.75) is 39.2 Å². The molecule has 0 saturated carbocycles. The van der Waals surface area contributed by atoms with Crippen LogP contribution in [0.3, 0.4) is 0 Å². The van der Waals surface area contributed by atoms with E-state index >= 15 is 0 Å². The number of aromatic nitrogens is 1. The molecular weight excluding hydrogens is 328 g/mol. The minimum Gasteiger partial charge on any atom is -0.480 e. The number of carboxylic acid groups (broad SMARTS) is 1. The van der Waals surface area contributed by atoms with E-state index in [0.717, 1.165) is 0 Å². The van der Waals surface area contributed by atoms with Crippen LogP contribution in [-0.4, -0.2) is 52.2 Å². The number of hydrogen-bond donors (Lipinski definition) is 3. The molecule has 0 aromatic carbocycles. The van der Waals surface area contributed by atoms with Crippen LogP contribution in [0.1, 0.15) is 33.1 Å². The van der Waals surface area contributed by atoms with Gasteiger partial charge in [0.25, 0.3) is 0 Å². The monoisotopic (exact) mass is 352 g/mol. The lowest BCUT2D eigenvalue weighted by atomic mass is 9.96. The third-order valence-corrected chi connectivity index (χ3v) is 4.14. The maximum Gasteiger partial charge on any atom is 0.326 e. The minimum absolute atomic E-state index is 0.155. The highest BCUT2D eigenvalue weighted by molar-refractivity contribution is 5.91. The summed E-state index contributed by atoms with van der Waals surface area (Å²) in [7, 11) is 0. The summed E-state index contributed by atoms with van der Waals surface area (Å²) in [6.45, 7) is 4.61. The van der Waals surface area contributed by atoms with Gasteiger partial charge in [-0.2, -0.15) is 0 Å². The number of rotatable bonds is 6. The molecule has 0 bridgehead atoms. The Morgan fingerprint density at radius 3 is 2.56 bits per heavy atom. The van der Waals surface area contributed by atoms with Gasteiger partial charge in [-0.05, 0) is 25.2 Å². The van der Waals surface area contributed by atoms with Gasteiger partial charge in [0, 0.05) is 25.1 Å². The molecule has 9 nitrogen and oxygen atoms in total. The van der Waals surface area contributed by atoms with Crippen LogP contribution in [0, 0.1) is 11.8 Å². The summed E-state index contributed by atoms with van der Waals surface area (Å²) < 4.78 is 4.66. The van der Waals surface area contributed by atoms with E-state index < -0.39 is 18.0 Å². The first kappa shape index (κ1) is 18.8. The molecule has 138 valence electrons. The highest BCUT2D eigenvalue weighted by atomic mass is 16.5. The van der Waals surface area contributed by atoms with Crippen LogP contribution in [-0.2, 0) is 9.59 Å². The summed E-state index contributed by atoms with van der Waals surface area (Å²) in [5.74, 6) is -0.886. The Morgan fingerprint density at radius 1 is 1.36 bits per heavy atom. The number of nitrogens with zero attached hydrogens (tertiary/aromatic N) is 2. The van der Waals surface area contributed by atoms with E-state index in [1.54, 1.807) is 11.0 Å². The topological polar surface area (TPSA) is 125 Å². The highest BCUT2D eigenvalue weighted by Crippen LogP contribution is 2.19. The molecular formula is C16H24N4O5. The lowest BCUT2D eigenvalue weighted by Crippen LogP contribution is -2.51. The predicted octanol–water partition coefficient (Wildman–Crippen LogP) is 1.53. The van der Waals surface area contributed by atoms with Gasteiger partial charge < -0.3 is 25.2 Å². The molecule has 0 spiro atoms. The molecule has 0 radical (unpaired) electrons. The van der Waals surface area contributed by atoms with Crippen molar-refractivity contribution in [3.63, 3.8) is 0 Å². The molecule has 1 aromatic rings. The normalized spacial score (nSPS) is 16.5. The van der Waals surface area contributed by atoms with E-state index in [4.69, 9.17) is 0 Å². The lowest BCUT2D eigenvalue weighted by Gasteiger charge is -2.32. The summed E-state index contributed by atoms with van der Waals surface area (Å²) in [6, 6.07) is 0.255. The standard InChI is InChI=1S/C16H24N4O5/c1-10(2)9-12(15(22)23)17-16(24)20-6-3-11(4-7-20)14(21)18-13-5-8-25-19-13/h5,8,10-12H,3-4,6-7,9H2,1-2H3,(H,17,24)(H,22,23)(H,18,19,21)/t12-/m0/s1. The summed E-state index contributed by atoms with van der Waals surface area (Å²) in [5.41, 5.74) is 0. The number of anilines is 1. The second-order valence-electron chi connectivity index (χ2n) is 6.61. The molecule has 9 heteroatoms. The number of carboxylic acids is 1. The van der Waals surface area contributed by atoms with Crippen LogP contribution in [0.5, 0.6) is 0 Å². The molecule has 3 amide bonds. The fourth-order valence-electron chi connectivity index (χ4n) is 2.78. The molecule has 1 saturated heterocycles.